The molecule has 0 aromatic heterocycles. The van der Waals surface area contributed by atoms with Crippen LogP contribution in [0.15, 0.2) is 82.8 Å². The predicted octanol–water partition coefficient (Wildman–Crippen LogP) is 5.31. The molecule has 6 heteroatoms. The molecule has 0 bridgehead atoms. The zero-order valence-corrected chi connectivity index (χ0v) is 15.6. The molecule has 144 valence electrons. The molecule has 3 aromatic rings. The highest BCUT2D eigenvalue weighted by Crippen LogP contribution is 2.34. The minimum absolute atomic E-state index is 0.0832. The molecule has 1 aliphatic heterocycles. The molecule has 1 heterocycles. The summed E-state index contributed by atoms with van der Waals surface area (Å²) in [5, 5.41) is 2.75. The Hall–Kier alpha value is -3.67. The number of carbonyl (C=O) groups excluding carboxylic acids is 1. The van der Waals surface area contributed by atoms with Crippen LogP contribution in [-0.4, -0.2) is 17.5 Å². The van der Waals surface area contributed by atoms with Crippen LogP contribution in [0.5, 0.6) is 0 Å². The highest BCUT2D eigenvalue weighted by Gasteiger charge is 2.27. The summed E-state index contributed by atoms with van der Waals surface area (Å²) in [6.45, 7) is 1.82. The highest BCUT2D eigenvalue weighted by molar-refractivity contribution is 6.19. The second kappa shape index (κ2) is 7.75. The Morgan fingerprint density at radius 3 is 2.17 bits per heavy atom. The van der Waals surface area contributed by atoms with E-state index in [2.05, 4.69) is 15.3 Å². The maximum Gasteiger partial charge on any atom is 0.259 e. The summed E-state index contributed by atoms with van der Waals surface area (Å²) in [4.78, 5) is 22.0. The van der Waals surface area contributed by atoms with E-state index in [4.69, 9.17) is 0 Å². The van der Waals surface area contributed by atoms with Gasteiger partial charge in [-0.1, -0.05) is 36.4 Å². The third-order valence-corrected chi connectivity index (χ3v) is 4.67. The maximum absolute atomic E-state index is 14.1. The van der Waals surface area contributed by atoms with Gasteiger partial charge in [-0.15, -0.1) is 0 Å². The Morgan fingerprint density at radius 2 is 1.48 bits per heavy atom. The first-order chi connectivity index (χ1) is 14.0. The fourth-order valence-corrected chi connectivity index (χ4v) is 3.28. The first-order valence-electron chi connectivity index (χ1n) is 9.07. The average molecular weight is 389 g/mol. The zero-order chi connectivity index (χ0) is 20.4. The van der Waals surface area contributed by atoms with Crippen molar-refractivity contribution in [3.8, 4) is 0 Å². The molecule has 4 rings (SSSR count). The highest BCUT2D eigenvalue weighted by atomic mass is 19.1. The molecule has 1 atom stereocenters. The lowest BCUT2D eigenvalue weighted by Gasteiger charge is -2.19. The molecule has 0 fully saturated rings. The van der Waals surface area contributed by atoms with Gasteiger partial charge in [-0.3, -0.25) is 9.79 Å². The second-order valence-electron chi connectivity index (χ2n) is 6.66. The number of nitrogens with zero attached hydrogens (tertiary/aromatic N) is 2. The molecule has 1 N–H and O–H groups in total. The number of rotatable bonds is 2. The summed E-state index contributed by atoms with van der Waals surface area (Å²) in [6, 6.07) is 19.0. The molecule has 0 spiro atoms. The SMILES string of the molecule is CC1=Nc2ccccc2N=C(NC(=O)c2ccccc2F)[C@@H]1c1ccc(F)cc1. The quantitative estimate of drug-likeness (QED) is 0.634. The van der Waals surface area contributed by atoms with Crippen molar-refractivity contribution in [1.29, 1.82) is 0 Å². The summed E-state index contributed by atoms with van der Waals surface area (Å²) in [7, 11) is 0. The van der Waals surface area contributed by atoms with Crippen molar-refractivity contribution in [3.05, 3.63) is 95.6 Å². The summed E-state index contributed by atoms with van der Waals surface area (Å²) in [6.07, 6.45) is 0. The van der Waals surface area contributed by atoms with E-state index in [0.717, 1.165) is 0 Å². The van der Waals surface area contributed by atoms with Gasteiger partial charge in [-0.2, -0.15) is 0 Å². The number of benzene rings is 3. The van der Waals surface area contributed by atoms with E-state index in [9.17, 15) is 13.6 Å². The number of carbonyl (C=O) groups is 1. The Labute approximate surface area is 166 Å². The Morgan fingerprint density at radius 1 is 0.862 bits per heavy atom. The van der Waals surface area contributed by atoms with Crippen LogP contribution in [0.1, 0.15) is 28.8 Å². The molecule has 29 heavy (non-hydrogen) atoms. The van der Waals surface area contributed by atoms with Crippen LogP contribution in [0.3, 0.4) is 0 Å². The molecule has 0 unspecified atom stereocenters. The lowest BCUT2D eigenvalue weighted by atomic mass is 9.93. The van der Waals surface area contributed by atoms with Crippen molar-refractivity contribution >= 4 is 28.8 Å². The Bertz CT molecular complexity index is 1140. The second-order valence-corrected chi connectivity index (χ2v) is 6.66. The van der Waals surface area contributed by atoms with Crippen molar-refractivity contribution in [1.82, 2.24) is 5.32 Å². The summed E-state index contributed by atoms with van der Waals surface area (Å²) in [5.74, 6) is -1.81. The van der Waals surface area contributed by atoms with Gasteiger partial charge in [0.1, 0.15) is 17.5 Å². The van der Waals surface area contributed by atoms with Crippen LogP contribution in [0.4, 0.5) is 20.2 Å². The van der Waals surface area contributed by atoms with Crippen LogP contribution >= 0.6 is 0 Å². The van der Waals surface area contributed by atoms with Gasteiger partial charge >= 0.3 is 0 Å². The molecular weight excluding hydrogens is 372 g/mol. The monoisotopic (exact) mass is 389 g/mol. The number of halogens is 2. The minimum Gasteiger partial charge on any atom is -0.309 e. The number of nitrogens with one attached hydrogen (secondary N) is 1. The number of amidine groups is 1. The van der Waals surface area contributed by atoms with E-state index in [1.807, 2.05) is 25.1 Å². The van der Waals surface area contributed by atoms with E-state index in [1.165, 1.54) is 30.3 Å². The van der Waals surface area contributed by atoms with Gasteiger partial charge in [0.15, 0.2) is 0 Å². The van der Waals surface area contributed by atoms with E-state index in [0.29, 0.717) is 28.5 Å². The predicted molar refractivity (Wildman–Crippen MR) is 109 cm³/mol. The molecular formula is C23H17F2N3O. The van der Waals surface area contributed by atoms with Gasteiger partial charge in [0.2, 0.25) is 0 Å². The molecule has 1 amide bonds. The average Bonchev–Trinajstić information content (AvgIpc) is 2.84. The fraction of sp³-hybridized carbons (Fsp3) is 0.0870. The smallest absolute Gasteiger partial charge is 0.259 e. The fourth-order valence-electron chi connectivity index (χ4n) is 3.28. The van der Waals surface area contributed by atoms with Crippen LogP contribution in [0.2, 0.25) is 0 Å². The Kier molecular flexibility index (Phi) is 4.99. The van der Waals surface area contributed by atoms with Crippen molar-refractivity contribution in [2.45, 2.75) is 12.8 Å². The van der Waals surface area contributed by atoms with Gasteiger partial charge in [-0.25, -0.2) is 13.8 Å². The molecule has 1 aliphatic rings. The lowest BCUT2D eigenvalue weighted by Crippen LogP contribution is -2.37. The van der Waals surface area contributed by atoms with Crippen LogP contribution < -0.4 is 5.32 Å². The van der Waals surface area contributed by atoms with Gasteiger partial charge in [0, 0.05) is 5.71 Å². The van der Waals surface area contributed by atoms with Crippen LogP contribution in [0.25, 0.3) is 0 Å². The number of amides is 1. The number of fused-ring (bicyclic) bond motifs is 1. The van der Waals surface area contributed by atoms with E-state index < -0.39 is 17.6 Å². The zero-order valence-electron chi connectivity index (χ0n) is 15.6. The lowest BCUT2D eigenvalue weighted by molar-refractivity contribution is 0.0972. The van der Waals surface area contributed by atoms with Gasteiger partial charge in [0.25, 0.3) is 5.91 Å². The van der Waals surface area contributed by atoms with E-state index >= 15 is 0 Å². The van der Waals surface area contributed by atoms with Crippen LogP contribution in [0, 0.1) is 11.6 Å². The molecule has 0 saturated heterocycles. The summed E-state index contributed by atoms with van der Waals surface area (Å²) in [5.41, 5.74) is 2.55. The first-order valence-corrected chi connectivity index (χ1v) is 9.07. The standard InChI is InChI=1S/C23H17F2N3O/c1-14-21(15-10-12-16(24)13-11-15)22(27-20-9-5-4-8-19(20)26-14)28-23(29)17-6-2-3-7-18(17)25/h2-13,21H,1H3,(H,27,28,29)/t21-/m0/s1. The normalized spacial score (nSPS) is 15.6. The van der Waals surface area contributed by atoms with Gasteiger partial charge < -0.3 is 5.32 Å². The third kappa shape index (κ3) is 3.82. The van der Waals surface area contributed by atoms with E-state index in [1.54, 1.807) is 24.3 Å². The number of hydrogen-bond acceptors (Lipinski definition) is 3. The maximum atomic E-state index is 14.1. The molecule has 4 nitrogen and oxygen atoms in total. The Balaban J connectivity index is 1.81. The number of hydrogen-bond donors (Lipinski definition) is 1. The van der Waals surface area contributed by atoms with Gasteiger partial charge in [0.05, 0.1) is 22.9 Å². The van der Waals surface area contributed by atoms with Gasteiger partial charge in [-0.05, 0) is 48.9 Å². The topological polar surface area (TPSA) is 53.8 Å². The van der Waals surface area contributed by atoms with Crippen LogP contribution in [-0.2, 0) is 0 Å². The molecule has 0 saturated carbocycles. The largest absolute Gasteiger partial charge is 0.309 e. The van der Waals surface area contributed by atoms with Crippen molar-refractivity contribution in [2.75, 3.05) is 0 Å². The van der Waals surface area contributed by atoms with Crippen molar-refractivity contribution in [2.24, 2.45) is 9.98 Å². The van der Waals surface area contributed by atoms with E-state index in [-0.39, 0.29) is 11.4 Å². The summed E-state index contributed by atoms with van der Waals surface area (Å²) < 4.78 is 27.5. The molecule has 0 radical (unpaired) electrons. The molecule has 3 aromatic carbocycles. The third-order valence-electron chi connectivity index (χ3n) is 4.67. The molecule has 0 aliphatic carbocycles. The minimum atomic E-state index is -0.622. The number of para-hydroxylation sites is 2. The first kappa shape index (κ1) is 18.7. The van der Waals surface area contributed by atoms with Crippen molar-refractivity contribution in [3.63, 3.8) is 0 Å². The summed E-state index contributed by atoms with van der Waals surface area (Å²) >= 11 is 0. The van der Waals surface area contributed by atoms with Crippen molar-refractivity contribution < 1.29 is 13.6 Å². The number of aliphatic imine (C=N–C) groups is 2.